The summed E-state index contributed by atoms with van der Waals surface area (Å²) in [5, 5.41) is 2.78. The molecular weight excluding hydrogens is 428 g/mol. The minimum Gasteiger partial charge on any atom is -0.491 e. The fraction of sp³-hybridized carbons (Fsp3) is 0.458. The highest BCUT2D eigenvalue weighted by molar-refractivity contribution is 7.92. The van der Waals surface area contributed by atoms with Gasteiger partial charge in [0.05, 0.1) is 25.0 Å². The highest BCUT2D eigenvalue weighted by Gasteiger charge is 2.35. The molecule has 1 aliphatic rings. The van der Waals surface area contributed by atoms with E-state index in [4.69, 9.17) is 9.47 Å². The highest BCUT2D eigenvalue weighted by atomic mass is 32.2. The monoisotopic (exact) mass is 460 g/mol. The van der Waals surface area contributed by atoms with Crippen LogP contribution in [0.4, 0.5) is 5.69 Å². The number of benzene rings is 2. The van der Waals surface area contributed by atoms with E-state index in [1.807, 2.05) is 44.2 Å². The van der Waals surface area contributed by atoms with Gasteiger partial charge in [-0.05, 0) is 48.6 Å². The van der Waals surface area contributed by atoms with Gasteiger partial charge >= 0.3 is 0 Å². The first-order valence-corrected chi connectivity index (χ1v) is 12.5. The molecule has 174 valence electrons. The van der Waals surface area contributed by atoms with Crippen LogP contribution in [0.3, 0.4) is 0 Å². The minimum atomic E-state index is -3.59. The smallest absolute Gasteiger partial charge is 0.263 e. The maximum atomic E-state index is 12.7. The van der Waals surface area contributed by atoms with Crippen LogP contribution in [0.5, 0.6) is 11.5 Å². The van der Waals surface area contributed by atoms with Crippen LogP contribution in [0.2, 0.25) is 0 Å². The second-order valence-corrected chi connectivity index (χ2v) is 11.1. The van der Waals surface area contributed by atoms with Crippen molar-refractivity contribution >= 4 is 21.6 Å². The molecule has 7 nitrogen and oxygen atoms in total. The van der Waals surface area contributed by atoms with Gasteiger partial charge in [0.25, 0.3) is 5.91 Å². The number of sulfonamides is 1. The van der Waals surface area contributed by atoms with E-state index in [0.29, 0.717) is 18.0 Å². The minimum absolute atomic E-state index is 0.0802. The first kappa shape index (κ1) is 23.9. The van der Waals surface area contributed by atoms with Crippen LogP contribution >= 0.6 is 0 Å². The summed E-state index contributed by atoms with van der Waals surface area (Å²) in [6, 6.07) is 11.4. The van der Waals surface area contributed by atoms with Crippen molar-refractivity contribution in [3.05, 3.63) is 53.1 Å². The maximum Gasteiger partial charge on any atom is 0.263 e. The summed E-state index contributed by atoms with van der Waals surface area (Å²) in [5.41, 5.74) is 3.48. The topological polar surface area (TPSA) is 84.9 Å². The summed E-state index contributed by atoms with van der Waals surface area (Å²) < 4.78 is 37.8. The average Bonchev–Trinajstić information content (AvgIpc) is 2.69. The lowest BCUT2D eigenvalue weighted by atomic mass is 9.86. The van der Waals surface area contributed by atoms with Crippen LogP contribution in [0.1, 0.15) is 37.5 Å². The first-order chi connectivity index (χ1) is 14.9. The number of rotatable bonds is 6. The van der Waals surface area contributed by atoms with E-state index in [9.17, 15) is 13.2 Å². The molecule has 0 aliphatic carbocycles. The number of nitrogens with one attached hydrogen (secondary N) is 1. The Morgan fingerprint density at radius 2 is 1.91 bits per heavy atom. The normalized spacial score (nSPS) is 16.2. The van der Waals surface area contributed by atoms with E-state index in [-0.39, 0.29) is 24.4 Å². The summed E-state index contributed by atoms with van der Waals surface area (Å²) in [6.07, 6.45) is 0.192. The molecule has 0 saturated carbocycles. The third-order valence-corrected chi connectivity index (χ3v) is 6.52. The second-order valence-electron chi connectivity index (χ2n) is 9.24. The molecule has 1 amide bonds. The van der Waals surface area contributed by atoms with Gasteiger partial charge < -0.3 is 14.8 Å². The third kappa shape index (κ3) is 5.54. The lowest BCUT2D eigenvalue weighted by molar-refractivity contribution is -0.127. The Balaban J connectivity index is 1.67. The van der Waals surface area contributed by atoms with Crippen LogP contribution in [0.15, 0.2) is 36.4 Å². The predicted molar refractivity (Wildman–Crippen MR) is 126 cm³/mol. The van der Waals surface area contributed by atoms with Crippen LogP contribution in [-0.2, 0) is 20.2 Å². The molecule has 2 aromatic carbocycles. The molecule has 1 N–H and O–H groups in total. The Morgan fingerprint density at radius 3 is 2.53 bits per heavy atom. The van der Waals surface area contributed by atoms with Gasteiger partial charge in [0.2, 0.25) is 10.0 Å². The van der Waals surface area contributed by atoms with Crippen molar-refractivity contribution < 1.29 is 22.7 Å². The van der Waals surface area contributed by atoms with Gasteiger partial charge in [0.1, 0.15) is 18.1 Å². The quantitative estimate of drug-likeness (QED) is 0.669. The molecule has 0 unspecified atom stereocenters. The summed E-state index contributed by atoms with van der Waals surface area (Å²) in [7, 11) is -3.59. The molecule has 2 aromatic rings. The fourth-order valence-electron chi connectivity index (χ4n) is 3.58. The number of fused-ring (bicyclic) bond motifs is 1. The fourth-order valence-corrected chi connectivity index (χ4v) is 4.48. The summed E-state index contributed by atoms with van der Waals surface area (Å²) >= 11 is 0. The molecule has 0 spiro atoms. The first-order valence-electron chi connectivity index (χ1n) is 10.6. The number of hydrogen-bond donors (Lipinski definition) is 1. The van der Waals surface area contributed by atoms with Crippen molar-refractivity contribution in [2.45, 2.75) is 46.1 Å². The number of aryl methyl sites for hydroxylation is 2. The van der Waals surface area contributed by atoms with Crippen molar-refractivity contribution in [3.63, 3.8) is 0 Å². The zero-order chi connectivity index (χ0) is 23.7. The number of nitrogens with zero attached hydrogens (tertiary/aromatic N) is 1. The van der Waals surface area contributed by atoms with Gasteiger partial charge in [-0.25, -0.2) is 8.42 Å². The number of amides is 1. The maximum absolute atomic E-state index is 12.7. The van der Waals surface area contributed by atoms with Crippen molar-refractivity contribution in [3.8, 4) is 11.5 Å². The molecule has 1 aliphatic heterocycles. The number of anilines is 1. The molecule has 3 rings (SSSR count). The highest BCUT2D eigenvalue weighted by Crippen LogP contribution is 2.38. The lowest BCUT2D eigenvalue weighted by Crippen LogP contribution is -2.51. The lowest BCUT2D eigenvalue weighted by Gasteiger charge is -2.35. The molecule has 0 saturated heterocycles. The molecule has 0 fully saturated rings. The number of ether oxygens (including phenoxy) is 2. The molecule has 0 aromatic heterocycles. The number of carbonyl (C=O) groups is 1. The van der Waals surface area contributed by atoms with E-state index in [1.165, 1.54) is 4.31 Å². The van der Waals surface area contributed by atoms with Gasteiger partial charge in [-0.3, -0.25) is 9.10 Å². The molecule has 1 heterocycles. The Kier molecular flexibility index (Phi) is 6.74. The van der Waals surface area contributed by atoms with Crippen molar-refractivity contribution in [1.29, 1.82) is 0 Å². The Labute approximate surface area is 190 Å². The van der Waals surface area contributed by atoms with Gasteiger partial charge in [0.15, 0.2) is 6.10 Å². The van der Waals surface area contributed by atoms with E-state index in [0.717, 1.165) is 28.7 Å². The van der Waals surface area contributed by atoms with E-state index >= 15 is 0 Å². The van der Waals surface area contributed by atoms with Crippen LogP contribution in [0.25, 0.3) is 0 Å². The van der Waals surface area contributed by atoms with E-state index in [2.05, 4.69) is 26.1 Å². The summed E-state index contributed by atoms with van der Waals surface area (Å²) in [6.45, 7) is 10.6. The van der Waals surface area contributed by atoms with Gasteiger partial charge in [-0.15, -0.1) is 0 Å². The van der Waals surface area contributed by atoms with Crippen LogP contribution in [0, 0.1) is 13.8 Å². The molecule has 0 bridgehead atoms. The SMILES string of the molecule is Cc1ccc(OCCNC(=O)[C@@H]2CN(S(C)(=O)=O)c3cc(C(C)(C)C)ccc3O2)c(C)c1. The van der Waals surface area contributed by atoms with Gasteiger partial charge in [-0.1, -0.05) is 44.5 Å². The second kappa shape index (κ2) is 9.02. The predicted octanol–water partition coefficient (Wildman–Crippen LogP) is 3.32. The van der Waals surface area contributed by atoms with Crippen molar-refractivity contribution in [2.75, 3.05) is 30.3 Å². The Bertz CT molecular complexity index is 1110. The Morgan fingerprint density at radius 1 is 1.19 bits per heavy atom. The molecule has 32 heavy (non-hydrogen) atoms. The van der Waals surface area contributed by atoms with Crippen LogP contribution in [-0.4, -0.2) is 46.4 Å². The van der Waals surface area contributed by atoms with E-state index in [1.54, 1.807) is 6.07 Å². The van der Waals surface area contributed by atoms with Crippen molar-refractivity contribution in [1.82, 2.24) is 5.32 Å². The van der Waals surface area contributed by atoms with Crippen molar-refractivity contribution in [2.24, 2.45) is 0 Å². The van der Waals surface area contributed by atoms with Gasteiger partial charge in [0, 0.05) is 0 Å². The standard InChI is InChI=1S/C24H32N2O5S/c1-16-7-9-20(17(2)13-16)30-12-11-25-23(27)22-15-26(32(6,28)29)19-14-18(24(3,4)5)8-10-21(19)31-22/h7-10,13-14,22H,11-12,15H2,1-6H3,(H,25,27)/t22-/m0/s1. The molecule has 0 radical (unpaired) electrons. The van der Waals surface area contributed by atoms with E-state index < -0.39 is 16.1 Å². The number of carbonyl (C=O) groups excluding carboxylic acids is 1. The zero-order valence-corrected chi connectivity index (χ0v) is 20.4. The summed E-state index contributed by atoms with van der Waals surface area (Å²) in [4.78, 5) is 12.7. The summed E-state index contributed by atoms with van der Waals surface area (Å²) in [5.74, 6) is 0.764. The van der Waals surface area contributed by atoms with Gasteiger partial charge in [-0.2, -0.15) is 0 Å². The molecule has 8 heteroatoms. The molecular formula is C24H32N2O5S. The third-order valence-electron chi connectivity index (χ3n) is 5.38. The Hall–Kier alpha value is -2.74. The zero-order valence-electron chi connectivity index (χ0n) is 19.6. The average molecular weight is 461 g/mol. The van der Waals surface area contributed by atoms with Crippen LogP contribution < -0.4 is 19.1 Å². The largest absolute Gasteiger partial charge is 0.491 e. The molecule has 1 atom stereocenters. The number of hydrogen-bond acceptors (Lipinski definition) is 5.